The molecule has 8 N–H and O–H groups in total. The van der Waals surface area contributed by atoms with Crippen LogP contribution in [0.1, 0.15) is 64.5 Å². The average Bonchev–Trinajstić information content (AvgIpc) is 3.02. The SMILES string of the molecule is CC(C)C[C@H](N)C(=O)N(C(=O)[C@H](CCCN=C(N)N)NC(=O)OCc1ccccc1)[C@H](CNC(=O)CCc1ccccc1)C(C)C. The Morgan fingerprint density at radius 1 is 0.891 bits per heavy atom. The first-order chi connectivity index (χ1) is 21.9. The van der Waals surface area contributed by atoms with E-state index in [4.69, 9.17) is 21.9 Å². The van der Waals surface area contributed by atoms with E-state index in [1.807, 2.05) is 88.4 Å². The highest BCUT2D eigenvalue weighted by Gasteiger charge is 2.39. The Kier molecular flexibility index (Phi) is 16.3. The van der Waals surface area contributed by atoms with Gasteiger partial charge in [0, 0.05) is 19.5 Å². The van der Waals surface area contributed by atoms with E-state index >= 15 is 0 Å². The van der Waals surface area contributed by atoms with Crippen molar-refractivity contribution >= 4 is 29.8 Å². The van der Waals surface area contributed by atoms with E-state index in [0.717, 1.165) is 16.0 Å². The molecule has 12 heteroatoms. The van der Waals surface area contributed by atoms with Gasteiger partial charge in [-0.2, -0.15) is 0 Å². The van der Waals surface area contributed by atoms with E-state index in [1.54, 1.807) is 0 Å². The fraction of sp³-hybridized carbons (Fsp3) is 0.500. The molecular weight excluding hydrogens is 586 g/mol. The summed E-state index contributed by atoms with van der Waals surface area (Å²) in [6, 6.07) is 15.9. The predicted octanol–water partition coefficient (Wildman–Crippen LogP) is 2.84. The van der Waals surface area contributed by atoms with E-state index in [2.05, 4.69) is 15.6 Å². The molecule has 2 rings (SSSR count). The second kappa shape index (κ2) is 19.8. The van der Waals surface area contributed by atoms with Gasteiger partial charge in [-0.05, 0) is 48.6 Å². The second-order valence-corrected chi connectivity index (χ2v) is 12.1. The summed E-state index contributed by atoms with van der Waals surface area (Å²) >= 11 is 0. The number of carbonyl (C=O) groups is 4. The van der Waals surface area contributed by atoms with E-state index in [9.17, 15) is 19.2 Å². The number of hydrogen-bond acceptors (Lipinski definition) is 7. The smallest absolute Gasteiger partial charge is 0.408 e. The average molecular weight is 638 g/mol. The third-order valence-corrected chi connectivity index (χ3v) is 7.36. The van der Waals surface area contributed by atoms with Crippen LogP contribution >= 0.6 is 0 Å². The fourth-order valence-corrected chi connectivity index (χ4v) is 4.89. The molecule has 3 atom stereocenters. The summed E-state index contributed by atoms with van der Waals surface area (Å²) in [6.07, 6.45) is 0.763. The van der Waals surface area contributed by atoms with Crippen LogP contribution in [0.3, 0.4) is 0 Å². The molecular formula is C34H51N7O5. The number of amides is 4. The molecule has 0 aliphatic heterocycles. The molecule has 0 saturated carbocycles. The van der Waals surface area contributed by atoms with Crippen LogP contribution in [0.25, 0.3) is 0 Å². The monoisotopic (exact) mass is 637 g/mol. The molecule has 0 saturated heterocycles. The summed E-state index contributed by atoms with van der Waals surface area (Å²) in [4.78, 5) is 59.1. The summed E-state index contributed by atoms with van der Waals surface area (Å²) in [5.74, 6) is -1.70. The van der Waals surface area contributed by atoms with Gasteiger partial charge in [-0.3, -0.25) is 24.3 Å². The van der Waals surface area contributed by atoms with Crippen LogP contribution in [0.4, 0.5) is 4.79 Å². The number of hydrogen-bond donors (Lipinski definition) is 5. The highest BCUT2D eigenvalue weighted by atomic mass is 16.5. The van der Waals surface area contributed by atoms with Crippen molar-refractivity contribution in [1.82, 2.24) is 15.5 Å². The maximum absolute atomic E-state index is 14.3. The van der Waals surface area contributed by atoms with Gasteiger partial charge in [-0.15, -0.1) is 0 Å². The van der Waals surface area contributed by atoms with Crippen molar-refractivity contribution < 1.29 is 23.9 Å². The molecule has 0 radical (unpaired) electrons. The van der Waals surface area contributed by atoms with Crippen molar-refractivity contribution in [1.29, 1.82) is 0 Å². The van der Waals surface area contributed by atoms with Crippen molar-refractivity contribution in [3.63, 3.8) is 0 Å². The quantitative estimate of drug-likeness (QED) is 0.0935. The molecule has 0 fully saturated rings. The number of rotatable bonds is 18. The minimum Gasteiger partial charge on any atom is -0.445 e. The van der Waals surface area contributed by atoms with Gasteiger partial charge in [0.05, 0.1) is 12.1 Å². The summed E-state index contributed by atoms with van der Waals surface area (Å²) in [6.45, 7) is 7.81. The normalized spacial score (nSPS) is 12.9. The van der Waals surface area contributed by atoms with Crippen LogP contribution in [-0.2, 0) is 32.1 Å². The molecule has 0 bridgehead atoms. The van der Waals surface area contributed by atoms with E-state index < -0.39 is 36.0 Å². The van der Waals surface area contributed by atoms with Gasteiger partial charge in [0.15, 0.2) is 5.96 Å². The van der Waals surface area contributed by atoms with E-state index in [1.165, 1.54) is 0 Å². The number of aliphatic imine (C=N–C) groups is 1. The molecule has 0 unspecified atom stereocenters. The van der Waals surface area contributed by atoms with Gasteiger partial charge in [-0.1, -0.05) is 88.4 Å². The zero-order chi connectivity index (χ0) is 34.1. The van der Waals surface area contributed by atoms with Crippen molar-refractivity contribution in [3.05, 3.63) is 71.8 Å². The molecule has 0 spiro atoms. The van der Waals surface area contributed by atoms with Gasteiger partial charge in [-0.25, -0.2) is 4.79 Å². The topological polar surface area (TPSA) is 195 Å². The third-order valence-electron chi connectivity index (χ3n) is 7.36. The number of benzene rings is 2. The van der Waals surface area contributed by atoms with Gasteiger partial charge in [0.25, 0.3) is 5.91 Å². The fourth-order valence-electron chi connectivity index (χ4n) is 4.89. The lowest BCUT2D eigenvalue weighted by atomic mass is 9.97. The summed E-state index contributed by atoms with van der Waals surface area (Å²) in [5, 5.41) is 5.55. The maximum atomic E-state index is 14.3. The number of imide groups is 1. The molecule has 252 valence electrons. The largest absolute Gasteiger partial charge is 0.445 e. The lowest BCUT2D eigenvalue weighted by molar-refractivity contribution is -0.151. The van der Waals surface area contributed by atoms with Crippen molar-refractivity contribution in [3.8, 4) is 0 Å². The molecule has 0 heterocycles. The van der Waals surface area contributed by atoms with Crippen LogP contribution in [0.2, 0.25) is 0 Å². The predicted molar refractivity (Wildman–Crippen MR) is 179 cm³/mol. The Hall–Kier alpha value is -4.45. The standard InChI is InChI=1S/C34H51N7O5/c1-23(2)20-27(35)31(43)41(29(24(3)4)21-39-30(42)18-17-25-12-7-5-8-13-25)32(44)28(16-11-19-38-33(36)37)40-34(45)46-22-26-14-9-6-10-15-26/h5-10,12-15,23-24,27-29H,11,16-22,35H2,1-4H3,(H,39,42)(H,40,45)(H4,36,37,38)/t27-,28-,29+/m0/s1. The maximum Gasteiger partial charge on any atom is 0.408 e. The lowest BCUT2D eigenvalue weighted by Gasteiger charge is -2.37. The van der Waals surface area contributed by atoms with Crippen molar-refractivity contribution in [2.45, 2.75) is 84.5 Å². The van der Waals surface area contributed by atoms with E-state index in [0.29, 0.717) is 19.3 Å². The number of ether oxygens (including phenoxy) is 1. The van der Waals surface area contributed by atoms with Crippen molar-refractivity contribution in [2.75, 3.05) is 13.1 Å². The zero-order valence-electron chi connectivity index (χ0n) is 27.5. The van der Waals surface area contributed by atoms with Crippen LogP contribution in [-0.4, -0.2) is 65.9 Å². The Labute approximate surface area is 272 Å². The first-order valence-corrected chi connectivity index (χ1v) is 15.8. The first kappa shape index (κ1) is 37.7. The van der Waals surface area contributed by atoms with Crippen LogP contribution in [0.15, 0.2) is 65.7 Å². The molecule has 4 amide bonds. The number of nitrogens with one attached hydrogen (secondary N) is 2. The molecule has 2 aromatic rings. The molecule has 2 aromatic carbocycles. The number of aryl methyl sites for hydroxylation is 1. The lowest BCUT2D eigenvalue weighted by Crippen LogP contribution is -2.61. The van der Waals surface area contributed by atoms with Crippen molar-refractivity contribution in [2.24, 2.45) is 34.0 Å². The Morgan fingerprint density at radius 3 is 2.07 bits per heavy atom. The summed E-state index contributed by atoms with van der Waals surface area (Å²) < 4.78 is 5.39. The molecule has 46 heavy (non-hydrogen) atoms. The van der Waals surface area contributed by atoms with Gasteiger partial charge < -0.3 is 32.6 Å². The van der Waals surface area contributed by atoms with Crippen LogP contribution in [0, 0.1) is 11.8 Å². The number of guanidine groups is 1. The van der Waals surface area contributed by atoms with Crippen LogP contribution in [0.5, 0.6) is 0 Å². The highest BCUT2D eigenvalue weighted by Crippen LogP contribution is 2.18. The number of carbonyl (C=O) groups excluding carboxylic acids is 4. The Morgan fingerprint density at radius 2 is 1.50 bits per heavy atom. The zero-order valence-corrected chi connectivity index (χ0v) is 27.5. The minimum atomic E-state index is -1.15. The summed E-state index contributed by atoms with van der Waals surface area (Å²) in [5.41, 5.74) is 19.1. The van der Waals surface area contributed by atoms with E-state index in [-0.39, 0.29) is 56.2 Å². The summed E-state index contributed by atoms with van der Waals surface area (Å²) in [7, 11) is 0. The van der Waals surface area contributed by atoms with Gasteiger partial charge in [0.1, 0.15) is 12.6 Å². The minimum absolute atomic E-state index is 0.00682. The number of nitrogens with zero attached hydrogens (tertiary/aromatic N) is 2. The van der Waals surface area contributed by atoms with Gasteiger partial charge >= 0.3 is 6.09 Å². The third kappa shape index (κ3) is 13.7. The number of alkyl carbamates (subject to hydrolysis) is 1. The molecule has 0 aromatic heterocycles. The molecule has 0 aliphatic carbocycles. The van der Waals surface area contributed by atoms with Gasteiger partial charge in [0.2, 0.25) is 11.8 Å². The Bertz CT molecular complexity index is 1270. The second-order valence-electron chi connectivity index (χ2n) is 12.1. The number of nitrogens with two attached hydrogens (primary N) is 3. The first-order valence-electron chi connectivity index (χ1n) is 15.8. The molecule has 0 aliphatic rings. The van der Waals surface area contributed by atoms with Crippen LogP contribution < -0.4 is 27.8 Å². The Balaban J connectivity index is 2.30. The molecule has 12 nitrogen and oxygen atoms in total. The highest BCUT2D eigenvalue weighted by molar-refractivity contribution is 6.01.